The first kappa shape index (κ1) is 17.5. The molecule has 0 aliphatic heterocycles. The highest BCUT2D eigenvalue weighted by Crippen LogP contribution is 2.40. The fraction of sp³-hybridized carbons (Fsp3) is 0.381. The average Bonchev–Trinajstić information content (AvgIpc) is 3.26. The largest absolute Gasteiger partial charge is 0.351 e. The second-order valence-electron chi connectivity index (χ2n) is 7.55. The van der Waals surface area contributed by atoms with E-state index in [1.165, 1.54) is 18.4 Å². The van der Waals surface area contributed by atoms with Crippen LogP contribution < -0.4 is 10.9 Å². The minimum absolute atomic E-state index is 0.0266. The first-order valence-electron chi connectivity index (χ1n) is 9.40. The standard InChI is InChI=1S/C21H24N4O2/c1-14-12-16(17-18(23-14)25(2)24-20(17)27)19(26)22-13-21(10-6-7-11-21)15-8-4-3-5-9-15/h3-5,8-9,12H,6-7,10-11,13H2,1-2H3,(H,22,26)(H,24,27). The molecule has 0 atom stereocenters. The lowest BCUT2D eigenvalue weighted by molar-refractivity contribution is 0.0944. The lowest BCUT2D eigenvalue weighted by atomic mass is 9.79. The lowest BCUT2D eigenvalue weighted by Crippen LogP contribution is -2.39. The van der Waals surface area contributed by atoms with E-state index in [0.717, 1.165) is 12.8 Å². The second kappa shape index (κ2) is 6.68. The Hall–Kier alpha value is -2.89. The summed E-state index contributed by atoms with van der Waals surface area (Å²) in [5.74, 6) is -0.218. The molecule has 3 aromatic rings. The van der Waals surface area contributed by atoms with Crippen LogP contribution in [0.15, 0.2) is 41.2 Å². The molecule has 0 bridgehead atoms. The maximum atomic E-state index is 13.0. The molecule has 6 nitrogen and oxygen atoms in total. The fourth-order valence-electron chi connectivity index (χ4n) is 4.32. The van der Waals surface area contributed by atoms with Gasteiger partial charge in [-0.25, -0.2) is 4.98 Å². The Labute approximate surface area is 157 Å². The molecule has 2 aromatic heterocycles. The molecular formula is C21H24N4O2. The van der Waals surface area contributed by atoms with Crippen molar-refractivity contribution in [3.63, 3.8) is 0 Å². The molecule has 0 saturated heterocycles. The number of hydrogen-bond acceptors (Lipinski definition) is 3. The van der Waals surface area contributed by atoms with Crippen LogP contribution in [0.2, 0.25) is 0 Å². The number of H-pyrrole nitrogens is 1. The molecule has 140 valence electrons. The molecule has 4 rings (SSSR count). The zero-order valence-electron chi connectivity index (χ0n) is 15.7. The minimum Gasteiger partial charge on any atom is -0.351 e. The third-order valence-corrected chi connectivity index (χ3v) is 5.72. The molecule has 0 spiro atoms. The molecule has 1 saturated carbocycles. The average molecular weight is 364 g/mol. The van der Waals surface area contributed by atoms with Crippen LogP contribution in [0.3, 0.4) is 0 Å². The molecular weight excluding hydrogens is 340 g/mol. The summed E-state index contributed by atoms with van der Waals surface area (Å²) in [6.07, 6.45) is 4.46. The van der Waals surface area contributed by atoms with Gasteiger partial charge in [-0.05, 0) is 31.4 Å². The van der Waals surface area contributed by atoms with Crippen molar-refractivity contribution in [1.82, 2.24) is 20.1 Å². The summed E-state index contributed by atoms with van der Waals surface area (Å²) in [7, 11) is 1.72. The van der Waals surface area contributed by atoms with Gasteiger partial charge in [0.2, 0.25) is 0 Å². The number of hydrogen-bond donors (Lipinski definition) is 2. The second-order valence-corrected chi connectivity index (χ2v) is 7.55. The molecule has 1 aliphatic rings. The van der Waals surface area contributed by atoms with Crippen LogP contribution in [0.4, 0.5) is 0 Å². The molecule has 0 radical (unpaired) electrons. The van der Waals surface area contributed by atoms with E-state index in [1.54, 1.807) is 17.8 Å². The zero-order chi connectivity index (χ0) is 19.0. The number of nitrogens with zero attached hydrogens (tertiary/aromatic N) is 2. The lowest BCUT2D eigenvalue weighted by Gasteiger charge is -2.30. The van der Waals surface area contributed by atoms with E-state index in [2.05, 4.69) is 39.7 Å². The molecule has 27 heavy (non-hydrogen) atoms. The molecule has 1 aliphatic carbocycles. The highest BCUT2D eigenvalue weighted by Gasteiger charge is 2.36. The number of aryl methyl sites for hydroxylation is 2. The SMILES string of the molecule is Cc1cc(C(=O)NCC2(c3ccccc3)CCCC2)c2c(=O)[nH]n(C)c2n1. The third-order valence-electron chi connectivity index (χ3n) is 5.72. The van der Waals surface area contributed by atoms with E-state index in [4.69, 9.17) is 0 Å². The van der Waals surface area contributed by atoms with Gasteiger partial charge in [-0.2, -0.15) is 0 Å². The number of benzene rings is 1. The Bertz CT molecular complexity index is 1040. The maximum absolute atomic E-state index is 13.0. The van der Waals surface area contributed by atoms with Crippen LogP contribution in [0.25, 0.3) is 11.0 Å². The first-order valence-corrected chi connectivity index (χ1v) is 9.40. The number of nitrogens with one attached hydrogen (secondary N) is 2. The number of amides is 1. The Morgan fingerprint density at radius 2 is 1.96 bits per heavy atom. The van der Waals surface area contributed by atoms with Crippen LogP contribution in [0, 0.1) is 6.92 Å². The third kappa shape index (κ3) is 3.05. The van der Waals surface area contributed by atoms with Crippen molar-refractivity contribution in [3.05, 3.63) is 63.6 Å². The van der Waals surface area contributed by atoms with E-state index >= 15 is 0 Å². The van der Waals surface area contributed by atoms with Crippen molar-refractivity contribution in [2.24, 2.45) is 7.05 Å². The van der Waals surface area contributed by atoms with E-state index in [9.17, 15) is 9.59 Å². The van der Waals surface area contributed by atoms with Gasteiger partial charge < -0.3 is 5.32 Å². The van der Waals surface area contributed by atoms with Gasteiger partial charge >= 0.3 is 0 Å². The normalized spacial score (nSPS) is 15.9. The summed E-state index contributed by atoms with van der Waals surface area (Å²) in [4.78, 5) is 29.7. The molecule has 1 aromatic carbocycles. The van der Waals surface area contributed by atoms with E-state index in [-0.39, 0.29) is 16.9 Å². The molecule has 1 amide bonds. The van der Waals surface area contributed by atoms with Gasteiger partial charge in [-0.15, -0.1) is 0 Å². The van der Waals surface area contributed by atoms with Crippen LogP contribution in [0.1, 0.15) is 47.3 Å². The first-order chi connectivity index (χ1) is 13.0. The zero-order valence-corrected chi connectivity index (χ0v) is 15.7. The van der Waals surface area contributed by atoms with Gasteiger partial charge in [0.05, 0.1) is 10.9 Å². The van der Waals surface area contributed by atoms with Gasteiger partial charge in [-0.3, -0.25) is 19.4 Å². The van der Waals surface area contributed by atoms with Gasteiger partial charge in [0.25, 0.3) is 11.5 Å². The van der Waals surface area contributed by atoms with E-state index in [1.807, 2.05) is 13.0 Å². The number of pyridine rings is 1. The van der Waals surface area contributed by atoms with E-state index in [0.29, 0.717) is 28.8 Å². The van der Waals surface area contributed by atoms with Gasteiger partial charge in [0, 0.05) is 24.7 Å². The van der Waals surface area contributed by atoms with Crippen molar-refractivity contribution in [1.29, 1.82) is 0 Å². The predicted molar refractivity (Wildman–Crippen MR) is 105 cm³/mol. The van der Waals surface area contributed by atoms with Crippen molar-refractivity contribution >= 4 is 16.9 Å². The number of carbonyl (C=O) groups is 1. The highest BCUT2D eigenvalue weighted by molar-refractivity contribution is 6.05. The number of aromatic nitrogens is 3. The minimum atomic E-state index is -0.288. The number of aromatic amines is 1. The van der Waals surface area contributed by atoms with Crippen LogP contribution in [-0.2, 0) is 12.5 Å². The topological polar surface area (TPSA) is 79.8 Å². The Morgan fingerprint density at radius 3 is 2.67 bits per heavy atom. The smallest absolute Gasteiger partial charge is 0.274 e. The van der Waals surface area contributed by atoms with Gasteiger partial charge in [0.15, 0.2) is 5.65 Å². The Kier molecular flexibility index (Phi) is 4.34. The summed E-state index contributed by atoms with van der Waals surface area (Å²) < 4.78 is 1.56. The van der Waals surface area contributed by atoms with E-state index < -0.39 is 0 Å². The number of rotatable bonds is 4. The Morgan fingerprint density at radius 1 is 1.26 bits per heavy atom. The maximum Gasteiger partial charge on any atom is 0.274 e. The number of fused-ring (bicyclic) bond motifs is 1. The van der Waals surface area contributed by atoms with Crippen molar-refractivity contribution < 1.29 is 4.79 Å². The fourth-order valence-corrected chi connectivity index (χ4v) is 4.32. The van der Waals surface area contributed by atoms with Crippen molar-refractivity contribution in [2.45, 2.75) is 38.0 Å². The monoisotopic (exact) mass is 364 g/mol. The summed E-state index contributed by atoms with van der Waals surface area (Å²) in [6, 6.07) is 12.1. The van der Waals surface area contributed by atoms with Crippen molar-refractivity contribution in [3.8, 4) is 0 Å². The molecule has 1 fully saturated rings. The summed E-state index contributed by atoms with van der Waals surface area (Å²) in [6.45, 7) is 2.40. The molecule has 2 N–H and O–H groups in total. The summed E-state index contributed by atoms with van der Waals surface area (Å²) in [5.41, 5.74) is 2.56. The van der Waals surface area contributed by atoms with Gasteiger partial charge in [0.1, 0.15) is 0 Å². The molecule has 0 unspecified atom stereocenters. The van der Waals surface area contributed by atoms with Gasteiger partial charge in [-0.1, -0.05) is 43.2 Å². The van der Waals surface area contributed by atoms with Crippen LogP contribution >= 0.6 is 0 Å². The van der Waals surface area contributed by atoms with Crippen LogP contribution in [-0.4, -0.2) is 27.2 Å². The molecule has 2 heterocycles. The van der Waals surface area contributed by atoms with Crippen molar-refractivity contribution in [2.75, 3.05) is 6.54 Å². The highest BCUT2D eigenvalue weighted by atomic mass is 16.2. The number of carbonyl (C=O) groups excluding carboxylic acids is 1. The predicted octanol–water partition coefficient (Wildman–Crippen LogP) is 2.81. The summed E-state index contributed by atoms with van der Waals surface area (Å²) in [5, 5.41) is 6.14. The Balaban J connectivity index is 1.65. The molecule has 6 heteroatoms. The summed E-state index contributed by atoms with van der Waals surface area (Å²) >= 11 is 0. The van der Waals surface area contributed by atoms with Crippen LogP contribution in [0.5, 0.6) is 0 Å². The quantitative estimate of drug-likeness (QED) is 0.747.